The maximum Gasteiger partial charge on any atom is 0.229 e. The fraction of sp³-hybridized carbons (Fsp3) is 0.409. The third kappa shape index (κ3) is 3.41. The number of carbonyl (C=O) groups excluding carboxylic acids is 1. The van der Waals surface area contributed by atoms with Crippen LogP contribution in [0.2, 0.25) is 0 Å². The number of nitrogens with zero attached hydrogens (tertiary/aromatic N) is 5. The first-order chi connectivity index (χ1) is 14.6. The molecule has 8 heteroatoms. The first kappa shape index (κ1) is 19.0. The van der Waals surface area contributed by atoms with Crippen molar-refractivity contribution < 1.29 is 9.18 Å². The molecule has 0 aliphatic carbocycles. The van der Waals surface area contributed by atoms with E-state index >= 15 is 0 Å². The minimum Gasteiger partial charge on any atom is -0.354 e. The van der Waals surface area contributed by atoms with Gasteiger partial charge in [-0.05, 0) is 30.7 Å². The maximum atomic E-state index is 13.4. The van der Waals surface area contributed by atoms with Gasteiger partial charge in [0.05, 0.1) is 17.8 Å². The van der Waals surface area contributed by atoms with Crippen molar-refractivity contribution in [3.05, 3.63) is 59.2 Å². The maximum absolute atomic E-state index is 13.4. The van der Waals surface area contributed by atoms with Crippen LogP contribution in [0.3, 0.4) is 0 Å². The monoisotopic (exact) mass is 408 g/mol. The summed E-state index contributed by atoms with van der Waals surface area (Å²) in [7, 11) is 1.78. The summed E-state index contributed by atoms with van der Waals surface area (Å²) in [5.41, 5.74) is 4.01. The minimum atomic E-state index is -0.278. The molecule has 1 amide bonds. The van der Waals surface area contributed by atoms with E-state index in [1.807, 2.05) is 16.6 Å². The summed E-state index contributed by atoms with van der Waals surface area (Å²) in [5, 5.41) is 7.93. The fourth-order valence-electron chi connectivity index (χ4n) is 4.45. The Bertz CT molecular complexity index is 1090. The van der Waals surface area contributed by atoms with E-state index in [2.05, 4.69) is 15.3 Å². The molecule has 2 aromatic heterocycles. The van der Waals surface area contributed by atoms with Crippen molar-refractivity contribution in [2.75, 3.05) is 38.1 Å². The molecule has 7 nitrogen and oxygen atoms in total. The van der Waals surface area contributed by atoms with Gasteiger partial charge in [-0.25, -0.2) is 9.37 Å². The Morgan fingerprint density at radius 1 is 1.27 bits per heavy atom. The SMILES string of the molecule is CN(Cc1cccc(F)c1)C(=O)C1CN(c2c3c(nc4ccnn24)CCNCC3)C1. The standard InChI is InChI=1S/C22H25FN6O/c1-27(12-15-3-2-4-17(23)11-15)22(30)16-13-28(14-16)21-18-5-8-24-9-6-19(18)26-20-7-10-25-29(20)21/h2-4,7,10-11,16,24H,5-6,8-9,12-14H2,1H3. The van der Waals surface area contributed by atoms with E-state index < -0.39 is 0 Å². The largest absolute Gasteiger partial charge is 0.354 e. The first-order valence-electron chi connectivity index (χ1n) is 10.4. The molecule has 0 saturated carbocycles. The zero-order chi connectivity index (χ0) is 20.7. The molecule has 1 fully saturated rings. The lowest BCUT2D eigenvalue weighted by Crippen LogP contribution is -2.54. The highest BCUT2D eigenvalue weighted by Crippen LogP contribution is 2.32. The second-order valence-corrected chi connectivity index (χ2v) is 8.14. The second kappa shape index (κ2) is 7.68. The smallest absolute Gasteiger partial charge is 0.229 e. The van der Waals surface area contributed by atoms with Crippen molar-refractivity contribution >= 4 is 17.4 Å². The highest BCUT2D eigenvalue weighted by Gasteiger charge is 2.37. The van der Waals surface area contributed by atoms with Gasteiger partial charge in [-0.15, -0.1) is 0 Å². The summed E-state index contributed by atoms with van der Waals surface area (Å²) >= 11 is 0. The van der Waals surface area contributed by atoms with Gasteiger partial charge < -0.3 is 15.1 Å². The van der Waals surface area contributed by atoms with Crippen molar-refractivity contribution in [1.29, 1.82) is 0 Å². The Hall–Kier alpha value is -3.00. The number of carbonyl (C=O) groups is 1. The van der Waals surface area contributed by atoms with Crippen LogP contribution in [-0.2, 0) is 24.2 Å². The lowest BCUT2D eigenvalue weighted by molar-refractivity contribution is -0.135. The van der Waals surface area contributed by atoms with E-state index in [1.165, 1.54) is 17.7 Å². The number of fused-ring (bicyclic) bond motifs is 2. The predicted molar refractivity (Wildman–Crippen MR) is 112 cm³/mol. The number of halogens is 1. The Morgan fingerprint density at radius 3 is 2.93 bits per heavy atom. The molecule has 0 atom stereocenters. The molecular weight excluding hydrogens is 383 g/mol. The van der Waals surface area contributed by atoms with Gasteiger partial charge in [-0.3, -0.25) is 4.79 Å². The Morgan fingerprint density at radius 2 is 2.10 bits per heavy atom. The topological polar surface area (TPSA) is 65.8 Å². The van der Waals surface area contributed by atoms with Gasteiger partial charge in [0.25, 0.3) is 0 Å². The van der Waals surface area contributed by atoms with Gasteiger partial charge in [-0.1, -0.05) is 12.1 Å². The molecule has 156 valence electrons. The Kier molecular flexibility index (Phi) is 4.86. The number of hydrogen-bond acceptors (Lipinski definition) is 5. The first-order valence-corrected chi connectivity index (χ1v) is 10.4. The molecule has 0 bridgehead atoms. The summed E-state index contributed by atoms with van der Waals surface area (Å²) in [6, 6.07) is 8.34. The van der Waals surface area contributed by atoms with Crippen LogP contribution in [-0.4, -0.2) is 58.6 Å². The number of rotatable bonds is 4. The summed E-state index contributed by atoms with van der Waals surface area (Å²) in [5.74, 6) is 0.815. The molecule has 5 rings (SSSR count). The zero-order valence-electron chi connectivity index (χ0n) is 17.0. The molecule has 0 spiro atoms. The number of nitrogens with one attached hydrogen (secondary N) is 1. The Labute approximate surface area is 174 Å². The number of hydrogen-bond donors (Lipinski definition) is 1. The van der Waals surface area contributed by atoms with Gasteiger partial charge in [0.2, 0.25) is 5.91 Å². The third-order valence-electron chi connectivity index (χ3n) is 6.00. The van der Waals surface area contributed by atoms with Gasteiger partial charge >= 0.3 is 0 Å². The van der Waals surface area contributed by atoms with E-state index in [9.17, 15) is 9.18 Å². The highest BCUT2D eigenvalue weighted by molar-refractivity contribution is 5.82. The average molecular weight is 408 g/mol. The summed E-state index contributed by atoms with van der Waals surface area (Å²) in [6.45, 7) is 3.57. The number of benzene rings is 1. The molecule has 1 N–H and O–H groups in total. The van der Waals surface area contributed by atoms with Crippen LogP contribution in [0.5, 0.6) is 0 Å². The molecule has 2 aliphatic rings. The molecule has 0 radical (unpaired) electrons. The molecule has 4 heterocycles. The van der Waals surface area contributed by atoms with Crippen LogP contribution in [0.25, 0.3) is 5.65 Å². The molecule has 2 aliphatic heterocycles. The quantitative estimate of drug-likeness (QED) is 0.711. The van der Waals surface area contributed by atoms with Gasteiger partial charge in [0, 0.05) is 51.3 Å². The van der Waals surface area contributed by atoms with E-state index in [0.29, 0.717) is 19.6 Å². The van der Waals surface area contributed by atoms with Crippen molar-refractivity contribution in [1.82, 2.24) is 24.8 Å². The number of anilines is 1. The van der Waals surface area contributed by atoms with Crippen LogP contribution in [0.15, 0.2) is 36.5 Å². The molecule has 3 aromatic rings. The molecule has 1 aromatic carbocycles. The highest BCUT2D eigenvalue weighted by atomic mass is 19.1. The van der Waals surface area contributed by atoms with E-state index in [4.69, 9.17) is 4.98 Å². The molecular formula is C22H25FN6O. The van der Waals surface area contributed by atoms with E-state index in [0.717, 1.165) is 48.7 Å². The molecule has 30 heavy (non-hydrogen) atoms. The normalized spacial score (nSPS) is 16.8. The van der Waals surface area contributed by atoms with Crippen molar-refractivity contribution in [2.45, 2.75) is 19.4 Å². The zero-order valence-corrected chi connectivity index (χ0v) is 17.0. The van der Waals surface area contributed by atoms with Crippen LogP contribution in [0.1, 0.15) is 16.8 Å². The van der Waals surface area contributed by atoms with Crippen molar-refractivity contribution in [3.63, 3.8) is 0 Å². The molecule has 1 saturated heterocycles. The van der Waals surface area contributed by atoms with Gasteiger partial charge in [0.1, 0.15) is 11.6 Å². The third-order valence-corrected chi connectivity index (χ3v) is 6.00. The summed E-state index contributed by atoms with van der Waals surface area (Å²) < 4.78 is 15.3. The summed E-state index contributed by atoms with van der Waals surface area (Å²) in [4.78, 5) is 21.6. The van der Waals surface area contributed by atoms with Gasteiger partial charge in [-0.2, -0.15) is 9.61 Å². The van der Waals surface area contributed by atoms with Crippen LogP contribution in [0.4, 0.5) is 10.2 Å². The second-order valence-electron chi connectivity index (χ2n) is 8.14. The predicted octanol–water partition coefficient (Wildman–Crippen LogP) is 1.65. The van der Waals surface area contributed by atoms with E-state index in [-0.39, 0.29) is 17.6 Å². The number of amides is 1. The van der Waals surface area contributed by atoms with Crippen LogP contribution in [0, 0.1) is 11.7 Å². The fourth-order valence-corrected chi connectivity index (χ4v) is 4.45. The van der Waals surface area contributed by atoms with Crippen LogP contribution >= 0.6 is 0 Å². The van der Waals surface area contributed by atoms with Crippen molar-refractivity contribution in [2.24, 2.45) is 5.92 Å². The van der Waals surface area contributed by atoms with Crippen LogP contribution < -0.4 is 10.2 Å². The Balaban J connectivity index is 1.33. The average Bonchev–Trinajstić information content (AvgIpc) is 3.03. The lowest BCUT2D eigenvalue weighted by atomic mass is 9.96. The lowest BCUT2D eigenvalue weighted by Gasteiger charge is -2.42. The minimum absolute atomic E-state index is 0.0677. The van der Waals surface area contributed by atoms with Gasteiger partial charge in [0.15, 0.2) is 5.65 Å². The molecule has 0 unspecified atom stereocenters. The van der Waals surface area contributed by atoms with Crippen molar-refractivity contribution in [3.8, 4) is 0 Å². The number of aromatic nitrogens is 3. The summed E-state index contributed by atoms with van der Waals surface area (Å²) in [6.07, 6.45) is 3.58. The van der Waals surface area contributed by atoms with E-state index in [1.54, 1.807) is 24.2 Å².